The zero-order valence-corrected chi connectivity index (χ0v) is 6.63. The zero-order chi connectivity index (χ0) is 9.07. The van der Waals surface area contributed by atoms with E-state index < -0.39 is 27.5 Å². The summed E-state index contributed by atoms with van der Waals surface area (Å²) in [7, 11) is -3.70. The molecule has 1 atom stereocenters. The molecule has 1 N–H and O–H groups in total. The van der Waals surface area contributed by atoms with E-state index in [2.05, 4.69) is 0 Å². The number of aliphatic hydroxyl groups is 1. The van der Waals surface area contributed by atoms with Gasteiger partial charge in [-0.2, -0.15) is 5.26 Å². The maximum atomic E-state index is 10.6. The van der Waals surface area contributed by atoms with Crippen molar-refractivity contribution in [2.24, 2.45) is 0 Å². The quantitative estimate of drug-likeness (QED) is 0.565. The number of rotatable bonds is 3. The van der Waals surface area contributed by atoms with Crippen LogP contribution in [-0.2, 0) is 14.6 Å². The summed E-state index contributed by atoms with van der Waals surface area (Å²) in [6.07, 6.45) is 0.772. The van der Waals surface area contributed by atoms with Crippen molar-refractivity contribution in [3.8, 4) is 6.07 Å². The lowest BCUT2D eigenvalue weighted by molar-refractivity contribution is -0.120. The average molecular weight is 177 g/mol. The van der Waals surface area contributed by atoms with Crippen molar-refractivity contribution in [3.63, 3.8) is 0 Å². The molecule has 0 bridgehead atoms. The van der Waals surface area contributed by atoms with Gasteiger partial charge in [0.05, 0.1) is 6.07 Å². The monoisotopic (exact) mass is 177 g/mol. The number of carbonyl (C=O) groups is 1. The Morgan fingerprint density at radius 3 is 2.27 bits per heavy atom. The number of hydrogen-bond donors (Lipinski definition) is 1. The largest absolute Gasteiger partial charge is 0.388 e. The van der Waals surface area contributed by atoms with Crippen LogP contribution < -0.4 is 0 Å². The SMILES string of the molecule is CS(=O)(=O)C(C#N)C(=O)CO. The first kappa shape index (κ1) is 10.1. The summed E-state index contributed by atoms with van der Waals surface area (Å²) in [5.74, 6) is -0.991. The molecule has 0 aromatic heterocycles. The summed E-state index contributed by atoms with van der Waals surface area (Å²) in [6, 6.07) is 1.30. The van der Waals surface area contributed by atoms with E-state index in [1.165, 1.54) is 6.07 Å². The van der Waals surface area contributed by atoms with Gasteiger partial charge in [-0.15, -0.1) is 0 Å². The number of carbonyl (C=O) groups excluding carboxylic acids is 1. The highest BCUT2D eigenvalue weighted by atomic mass is 32.2. The number of nitriles is 1. The van der Waals surface area contributed by atoms with Gasteiger partial charge >= 0.3 is 0 Å². The maximum Gasteiger partial charge on any atom is 0.207 e. The van der Waals surface area contributed by atoms with Crippen molar-refractivity contribution in [2.75, 3.05) is 12.9 Å². The Kier molecular flexibility index (Phi) is 3.17. The topological polar surface area (TPSA) is 95.2 Å². The van der Waals surface area contributed by atoms with Gasteiger partial charge in [0.2, 0.25) is 5.25 Å². The van der Waals surface area contributed by atoms with Crippen LogP contribution in [0.4, 0.5) is 0 Å². The molecule has 0 aliphatic carbocycles. The van der Waals surface area contributed by atoms with Crippen molar-refractivity contribution in [3.05, 3.63) is 0 Å². The van der Waals surface area contributed by atoms with Crippen LogP contribution in [0.2, 0.25) is 0 Å². The molecule has 0 aromatic rings. The van der Waals surface area contributed by atoms with Crippen molar-refractivity contribution >= 4 is 15.6 Å². The number of aliphatic hydroxyl groups excluding tert-OH is 1. The summed E-state index contributed by atoms with van der Waals surface area (Å²) < 4.78 is 21.2. The summed E-state index contributed by atoms with van der Waals surface area (Å²) in [5, 5.41) is 14.7. The highest BCUT2D eigenvalue weighted by Gasteiger charge is 2.27. The molecule has 0 fully saturated rings. The number of ketones is 1. The zero-order valence-electron chi connectivity index (χ0n) is 5.81. The lowest BCUT2D eigenvalue weighted by Gasteiger charge is -2.01. The van der Waals surface area contributed by atoms with Crippen LogP contribution in [0.5, 0.6) is 0 Å². The first-order valence-electron chi connectivity index (χ1n) is 2.65. The molecular weight excluding hydrogens is 170 g/mol. The summed E-state index contributed by atoms with van der Waals surface area (Å²) in [5.41, 5.74) is 0. The Morgan fingerprint density at radius 2 is 2.18 bits per heavy atom. The minimum Gasteiger partial charge on any atom is -0.388 e. The van der Waals surface area contributed by atoms with Crippen LogP contribution in [0.1, 0.15) is 0 Å². The molecule has 0 aliphatic rings. The Bertz CT molecular complexity index is 286. The summed E-state index contributed by atoms with van der Waals surface area (Å²) in [6.45, 7) is -0.925. The molecule has 0 radical (unpaired) electrons. The van der Waals surface area contributed by atoms with Gasteiger partial charge in [-0.05, 0) is 0 Å². The number of Topliss-reactive ketones (excluding diaryl/α,β-unsaturated/α-hetero) is 1. The highest BCUT2D eigenvalue weighted by Crippen LogP contribution is 1.98. The van der Waals surface area contributed by atoms with E-state index in [4.69, 9.17) is 10.4 Å². The summed E-state index contributed by atoms with van der Waals surface area (Å²) in [4.78, 5) is 10.5. The van der Waals surface area contributed by atoms with E-state index in [1.54, 1.807) is 0 Å². The molecule has 1 unspecified atom stereocenters. The Balaban J connectivity index is 4.75. The summed E-state index contributed by atoms with van der Waals surface area (Å²) >= 11 is 0. The van der Waals surface area contributed by atoms with Crippen molar-refractivity contribution in [1.29, 1.82) is 5.26 Å². The standard InChI is InChI=1S/C5H7NO4S/c1-11(9,10)5(2-6)4(8)3-7/h5,7H,3H2,1H3. The smallest absolute Gasteiger partial charge is 0.207 e. The Morgan fingerprint density at radius 1 is 1.73 bits per heavy atom. The van der Waals surface area contributed by atoms with Gasteiger partial charge < -0.3 is 5.11 Å². The van der Waals surface area contributed by atoms with E-state index in [0.29, 0.717) is 0 Å². The molecule has 0 saturated heterocycles. The average Bonchev–Trinajstić information content (AvgIpc) is 1.86. The van der Waals surface area contributed by atoms with E-state index in [9.17, 15) is 13.2 Å². The molecule has 6 heteroatoms. The Labute approximate surface area is 64.2 Å². The lowest BCUT2D eigenvalue weighted by atomic mass is 10.3. The second-order valence-electron chi connectivity index (χ2n) is 1.96. The predicted molar refractivity (Wildman–Crippen MR) is 36.3 cm³/mol. The van der Waals surface area contributed by atoms with Crippen LogP contribution in [0.3, 0.4) is 0 Å². The normalized spacial score (nSPS) is 13.5. The van der Waals surface area contributed by atoms with Crippen molar-refractivity contribution < 1.29 is 18.3 Å². The van der Waals surface area contributed by atoms with Crippen LogP contribution in [0, 0.1) is 11.3 Å². The number of sulfone groups is 1. The van der Waals surface area contributed by atoms with E-state index >= 15 is 0 Å². The number of nitrogens with zero attached hydrogens (tertiary/aromatic N) is 1. The minimum atomic E-state index is -3.70. The van der Waals surface area contributed by atoms with E-state index in [0.717, 1.165) is 6.26 Å². The molecule has 0 saturated carbocycles. The maximum absolute atomic E-state index is 10.6. The molecule has 0 aromatic carbocycles. The van der Waals surface area contributed by atoms with E-state index in [1.807, 2.05) is 0 Å². The molecule has 0 heterocycles. The van der Waals surface area contributed by atoms with Crippen molar-refractivity contribution in [1.82, 2.24) is 0 Å². The molecule has 0 spiro atoms. The predicted octanol–water partition coefficient (Wildman–Crippen LogP) is -1.52. The fourth-order valence-electron chi connectivity index (χ4n) is 0.489. The van der Waals surface area contributed by atoms with Crippen LogP contribution in [-0.4, -0.2) is 37.4 Å². The van der Waals surface area contributed by atoms with Gasteiger partial charge in [0.15, 0.2) is 15.6 Å². The van der Waals surface area contributed by atoms with Gasteiger partial charge in [0.1, 0.15) is 6.61 Å². The van der Waals surface area contributed by atoms with Gasteiger partial charge in [0, 0.05) is 6.26 Å². The first-order chi connectivity index (χ1) is 4.93. The highest BCUT2D eigenvalue weighted by molar-refractivity contribution is 7.92. The molecule has 0 amide bonds. The number of hydrogen-bond acceptors (Lipinski definition) is 5. The molecular formula is C5H7NO4S. The molecule has 62 valence electrons. The third kappa shape index (κ3) is 2.65. The third-order valence-corrected chi connectivity index (χ3v) is 2.22. The fraction of sp³-hybridized carbons (Fsp3) is 0.600. The van der Waals surface area contributed by atoms with Gasteiger partial charge in [-0.25, -0.2) is 8.42 Å². The molecule has 5 nitrogen and oxygen atoms in total. The second-order valence-corrected chi connectivity index (χ2v) is 4.09. The van der Waals surface area contributed by atoms with Gasteiger partial charge in [-0.3, -0.25) is 4.79 Å². The first-order valence-corrected chi connectivity index (χ1v) is 4.61. The third-order valence-electron chi connectivity index (χ3n) is 0.994. The molecule has 11 heavy (non-hydrogen) atoms. The molecule has 0 rings (SSSR count). The van der Waals surface area contributed by atoms with Crippen LogP contribution in [0.15, 0.2) is 0 Å². The van der Waals surface area contributed by atoms with Crippen LogP contribution >= 0.6 is 0 Å². The van der Waals surface area contributed by atoms with E-state index in [-0.39, 0.29) is 0 Å². The molecule has 0 aliphatic heterocycles. The van der Waals surface area contributed by atoms with Crippen molar-refractivity contribution in [2.45, 2.75) is 5.25 Å². The van der Waals surface area contributed by atoms with Gasteiger partial charge in [0.25, 0.3) is 0 Å². The van der Waals surface area contributed by atoms with Gasteiger partial charge in [-0.1, -0.05) is 0 Å². The minimum absolute atomic E-state index is 0.772. The Hall–Kier alpha value is -0.930. The second kappa shape index (κ2) is 3.46. The van der Waals surface area contributed by atoms with Crippen LogP contribution in [0.25, 0.3) is 0 Å². The fourth-order valence-corrected chi connectivity index (χ4v) is 1.23. The lowest BCUT2D eigenvalue weighted by Crippen LogP contribution is -2.30.